The van der Waals surface area contributed by atoms with Crippen LogP contribution in [0, 0.1) is 0 Å². The van der Waals surface area contributed by atoms with Crippen molar-refractivity contribution in [3.05, 3.63) is 48.6 Å². The number of hydrogen-bond donors (Lipinski definition) is 4. The Morgan fingerprint density at radius 1 is 0.421 bits per heavy atom. The highest BCUT2D eigenvalue weighted by Crippen LogP contribution is 2.15. The molecule has 0 saturated heterocycles. The van der Waals surface area contributed by atoms with Crippen molar-refractivity contribution in [3.8, 4) is 0 Å². The van der Waals surface area contributed by atoms with E-state index in [9.17, 15) is 20.1 Å². The fourth-order valence-corrected chi connectivity index (χ4v) is 7.45. The molecular formula is C52H97NO4. The second kappa shape index (κ2) is 47.0. The normalized spacial score (nSPS) is 13.8. The molecule has 0 radical (unpaired) electrons. The fraction of sp³-hybridized carbons (Fsp3) is 0.827. The van der Waals surface area contributed by atoms with Crippen LogP contribution >= 0.6 is 0 Å². The molecule has 5 nitrogen and oxygen atoms in total. The molecule has 334 valence electrons. The van der Waals surface area contributed by atoms with Gasteiger partial charge in [-0.05, 0) is 70.6 Å². The fourth-order valence-electron chi connectivity index (χ4n) is 7.45. The number of nitrogens with one attached hydrogen (secondary N) is 1. The molecule has 0 aromatic carbocycles. The van der Waals surface area contributed by atoms with Crippen molar-refractivity contribution in [2.24, 2.45) is 0 Å². The Morgan fingerprint density at radius 2 is 0.719 bits per heavy atom. The lowest BCUT2D eigenvalue weighted by atomic mass is 10.0. The second-order valence-electron chi connectivity index (χ2n) is 17.0. The predicted molar refractivity (Wildman–Crippen MR) is 250 cm³/mol. The zero-order valence-corrected chi connectivity index (χ0v) is 38.0. The lowest BCUT2D eigenvalue weighted by Crippen LogP contribution is -2.48. The maximum absolute atomic E-state index is 12.5. The smallest absolute Gasteiger partial charge is 0.249 e. The first-order chi connectivity index (χ1) is 28.1. The van der Waals surface area contributed by atoms with E-state index >= 15 is 0 Å². The van der Waals surface area contributed by atoms with Crippen molar-refractivity contribution in [1.82, 2.24) is 5.32 Å². The summed E-state index contributed by atoms with van der Waals surface area (Å²) < 4.78 is 0. The molecular weight excluding hydrogens is 703 g/mol. The lowest BCUT2D eigenvalue weighted by Gasteiger charge is -2.21. The van der Waals surface area contributed by atoms with Crippen molar-refractivity contribution in [2.75, 3.05) is 6.61 Å². The Labute approximate surface area is 355 Å². The second-order valence-corrected chi connectivity index (χ2v) is 17.0. The highest BCUT2D eigenvalue weighted by molar-refractivity contribution is 5.80. The van der Waals surface area contributed by atoms with Crippen LogP contribution in [-0.4, -0.2) is 46.1 Å². The minimum absolute atomic E-state index is 0.382. The maximum atomic E-state index is 12.5. The summed E-state index contributed by atoms with van der Waals surface area (Å²) >= 11 is 0. The van der Waals surface area contributed by atoms with Gasteiger partial charge in [-0.25, -0.2) is 0 Å². The number of carbonyl (C=O) groups is 1. The Kier molecular flexibility index (Phi) is 45.6. The first kappa shape index (κ1) is 55.3. The van der Waals surface area contributed by atoms with E-state index in [1.807, 2.05) is 6.08 Å². The van der Waals surface area contributed by atoms with Gasteiger partial charge in [0.05, 0.1) is 18.8 Å². The van der Waals surface area contributed by atoms with Gasteiger partial charge in [0.2, 0.25) is 5.91 Å². The van der Waals surface area contributed by atoms with Crippen LogP contribution in [-0.2, 0) is 4.79 Å². The van der Waals surface area contributed by atoms with Crippen LogP contribution in [0.25, 0.3) is 0 Å². The molecule has 0 aliphatic heterocycles. The minimum Gasteiger partial charge on any atom is -0.394 e. The highest BCUT2D eigenvalue weighted by atomic mass is 16.3. The van der Waals surface area contributed by atoms with Gasteiger partial charge >= 0.3 is 0 Å². The number of aliphatic hydroxyl groups is 3. The van der Waals surface area contributed by atoms with Gasteiger partial charge in [0, 0.05) is 0 Å². The van der Waals surface area contributed by atoms with E-state index in [1.165, 1.54) is 186 Å². The molecule has 1 amide bonds. The molecule has 3 atom stereocenters. The Bertz CT molecular complexity index is 927. The van der Waals surface area contributed by atoms with Gasteiger partial charge in [-0.15, -0.1) is 0 Å². The molecule has 0 saturated carbocycles. The molecule has 0 heterocycles. The number of amides is 1. The monoisotopic (exact) mass is 800 g/mol. The topological polar surface area (TPSA) is 89.8 Å². The average molecular weight is 800 g/mol. The molecule has 0 aromatic heterocycles. The zero-order chi connectivity index (χ0) is 41.5. The summed E-state index contributed by atoms with van der Waals surface area (Å²) in [5, 5.41) is 33.2. The standard InChI is InChI=1S/C52H97NO4/c1-3-5-7-9-11-13-15-17-19-20-21-22-23-24-25-26-27-28-29-30-31-33-35-37-39-41-43-45-47-51(56)52(57)53-49(48-54)50(55)46-44-42-40-38-36-34-32-18-16-14-12-10-8-6-4-2/h16,18,24-25,36,38,44,46,49-51,54-56H,3-15,17,19-23,26-35,37,39-43,45,47-48H2,1-2H3,(H,53,57)/b18-16+,25-24-,38-36+,46-44+. The summed E-state index contributed by atoms with van der Waals surface area (Å²) in [6, 6.07) is -0.821. The van der Waals surface area contributed by atoms with Gasteiger partial charge in [-0.3, -0.25) is 4.79 Å². The third-order valence-electron chi connectivity index (χ3n) is 11.4. The summed E-state index contributed by atoms with van der Waals surface area (Å²) in [4.78, 5) is 12.5. The molecule has 0 spiro atoms. The van der Waals surface area contributed by atoms with Crippen molar-refractivity contribution < 1.29 is 20.1 Å². The van der Waals surface area contributed by atoms with Crippen LogP contribution in [0.4, 0.5) is 0 Å². The molecule has 4 N–H and O–H groups in total. The first-order valence-electron chi connectivity index (χ1n) is 25.0. The third-order valence-corrected chi connectivity index (χ3v) is 11.4. The number of allylic oxidation sites excluding steroid dienone is 7. The van der Waals surface area contributed by atoms with Crippen LogP contribution in [0.15, 0.2) is 48.6 Å². The van der Waals surface area contributed by atoms with Crippen molar-refractivity contribution >= 4 is 5.91 Å². The number of unbranched alkanes of at least 4 members (excludes halogenated alkanes) is 31. The van der Waals surface area contributed by atoms with Crippen LogP contribution in [0.1, 0.15) is 251 Å². The molecule has 3 unspecified atom stereocenters. The van der Waals surface area contributed by atoms with Gasteiger partial charge in [0.25, 0.3) is 0 Å². The van der Waals surface area contributed by atoms with E-state index in [0.29, 0.717) is 6.42 Å². The Balaban J connectivity index is 3.62. The molecule has 0 aliphatic rings. The SMILES string of the molecule is CCCCCCC/C=C/CC/C=C/CC/C=C/C(O)C(CO)NC(=O)C(O)CCCCCCCCCCCCCC/C=C\CCCCCCCCCCCCCC. The van der Waals surface area contributed by atoms with E-state index < -0.39 is 24.2 Å². The zero-order valence-electron chi connectivity index (χ0n) is 38.0. The van der Waals surface area contributed by atoms with Crippen LogP contribution < -0.4 is 5.32 Å². The van der Waals surface area contributed by atoms with E-state index in [-0.39, 0.29) is 6.61 Å². The summed E-state index contributed by atoms with van der Waals surface area (Å²) in [5.74, 6) is -0.517. The van der Waals surface area contributed by atoms with Crippen molar-refractivity contribution in [2.45, 2.75) is 270 Å². The molecule has 5 heteroatoms. The van der Waals surface area contributed by atoms with Crippen LogP contribution in [0.3, 0.4) is 0 Å². The molecule has 0 aliphatic carbocycles. The summed E-state index contributed by atoms with van der Waals surface area (Å²) in [6.07, 6.45) is 61.7. The van der Waals surface area contributed by atoms with Crippen LogP contribution in [0.5, 0.6) is 0 Å². The largest absolute Gasteiger partial charge is 0.394 e. The third kappa shape index (κ3) is 42.2. The molecule has 0 bridgehead atoms. The number of carbonyl (C=O) groups excluding carboxylic acids is 1. The summed E-state index contributed by atoms with van der Waals surface area (Å²) in [5.41, 5.74) is 0. The van der Waals surface area contributed by atoms with E-state index in [1.54, 1.807) is 6.08 Å². The van der Waals surface area contributed by atoms with Gasteiger partial charge in [-0.1, -0.05) is 229 Å². The quantitative estimate of drug-likeness (QED) is 0.0365. The van der Waals surface area contributed by atoms with E-state index in [0.717, 1.165) is 44.9 Å². The first-order valence-corrected chi connectivity index (χ1v) is 25.0. The Hall–Kier alpha value is -1.69. The summed E-state index contributed by atoms with van der Waals surface area (Å²) in [7, 11) is 0. The molecule has 0 fully saturated rings. The highest BCUT2D eigenvalue weighted by Gasteiger charge is 2.22. The molecule has 57 heavy (non-hydrogen) atoms. The molecule has 0 rings (SSSR count). The van der Waals surface area contributed by atoms with Gasteiger partial charge in [-0.2, -0.15) is 0 Å². The lowest BCUT2D eigenvalue weighted by molar-refractivity contribution is -0.131. The number of rotatable bonds is 45. The van der Waals surface area contributed by atoms with E-state index in [4.69, 9.17) is 0 Å². The van der Waals surface area contributed by atoms with Crippen LogP contribution in [0.2, 0.25) is 0 Å². The average Bonchev–Trinajstić information content (AvgIpc) is 3.22. The maximum Gasteiger partial charge on any atom is 0.249 e. The van der Waals surface area contributed by atoms with Crippen molar-refractivity contribution in [3.63, 3.8) is 0 Å². The predicted octanol–water partition coefficient (Wildman–Crippen LogP) is 14.9. The van der Waals surface area contributed by atoms with Gasteiger partial charge < -0.3 is 20.6 Å². The number of hydrogen-bond acceptors (Lipinski definition) is 4. The van der Waals surface area contributed by atoms with E-state index in [2.05, 4.69) is 55.6 Å². The van der Waals surface area contributed by atoms with Gasteiger partial charge in [0.15, 0.2) is 0 Å². The van der Waals surface area contributed by atoms with Crippen molar-refractivity contribution in [1.29, 1.82) is 0 Å². The van der Waals surface area contributed by atoms with Gasteiger partial charge in [0.1, 0.15) is 6.10 Å². The minimum atomic E-state index is -1.11. The molecule has 0 aromatic rings. The summed E-state index contributed by atoms with van der Waals surface area (Å²) in [6.45, 7) is 4.16. The Morgan fingerprint density at radius 3 is 1.07 bits per heavy atom. The number of aliphatic hydroxyl groups excluding tert-OH is 3.